The van der Waals surface area contributed by atoms with Crippen molar-refractivity contribution in [3.8, 4) is 11.3 Å². The van der Waals surface area contributed by atoms with Crippen LogP contribution in [0.25, 0.3) is 23.0 Å². The number of nitrogens with one attached hydrogen (secondary N) is 2. The summed E-state index contributed by atoms with van der Waals surface area (Å²) in [4.78, 5) is 7.15. The normalized spacial score (nSPS) is 13.4. The van der Waals surface area contributed by atoms with E-state index in [9.17, 15) is 13.2 Å². The van der Waals surface area contributed by atoms with E-state index in [1.807, 2.05) is 6.92 Å². The van der Waals surface area contributed by atoms with E-state index in [0.717, 1.165) is 12.3 Å². The molecule has 0 aliphatic rings. The molecule has 1 heterocycles. The number of aromatic amines is 1. The summed E-state index contributed by atoms with van der Waals surface area (Å²) in [7, 11) is 0. The zero-order valence-corrected chi connectivity index (χ0v) is 15.6. The van der Waals surface area contributed by atoms with Crippen molar-refractivity contribution in [2.75, 3.05) is 0 Å². The molecule has 0 radical (unpaired) electrons. The molecule has 148 valence electrons. The smallest absolute Gasteiger partial charge is 0.132 e. The van der Waals surface area contributed by atoms with Crippen LogP contribution in [-0.2, 0) is 0 Å². The lowest BCUT2D eigenvalue weighted by Gasteiger charge is -2.12. The Labute approximate surface area is 166 Å². The number of H-pyrrole nitrogens is 1. The number of imidazole rings is 1. The van der Waals surface area contributed by atoms with E-state index in [1.54, 1.807) is 30.4 Å². The van der Waals surface area contributed by atoms with Gasteiger partial charge in [-0.2, -0.15) is 0 Å². The number of rotatable bonds is 6. The van der Waals surface area contributed by atoms with E-state index in [0.29, 0.717) is 22.7 Å². The molecule has 0 aliphatic carbocycles. The molecule has 0 saturated heterocycles. The van der Waals surface area contributed by atoms with Gasteiger partial charge in [0.25, 0.3) is 0 Å². The molecule has 4 nitrogen and oxygen atoms in total. The van der Waals surface area contributed by atoms with Crippen LogP contribution in [0.15, 0.2) is 60.3 Å². The monoisotopic (exact) mass is 396 g/mol. The topological polar surface area (TPSA) is 78.5 Å². The van der Waals surface area contributed by atoms with Gasteiger partial charge in [0.2, 0.25) is 0 Å². The van der Waals surface area contributed by atoms with Crippen LogP contribution in [0.3, 0.4) is 0 Å². The fourth-order valence-electron chi connectivity index (χ4n) is 2.91. The van der Waals surface area contributed by atoms with Gasteiger partial charge in [-0.25, -0.2) is 18.2 Å². The van der Waals surface area contributed by atoms with Crippen LogP contribution in [0.5, 0.6) is 0 Å². The van der Waals surface area contributed by atoms with Crippen molar-refractivity contribution in [3.05, 3.63) is 89.2 Å². The number of allylic oxidation sites excluding steroid dienone is 2. The summed E-state index contributed by atoms with van der Waals surface area (Å²) < 4.78 is 40.8. The van der Waals surface area contributed by atoms with Gasteiger partial charge in [0.05, 0.1) is 11.9 Å². The number of halogens is 3. The lowest BCUT2D eigenvalue weighted by atomic mass is 9.96. The highest BCUT2D eigenvalue weighted by Gasteiger charge is 2.13. The quantitative estimate of drug-likeness (QED) is 0.503. The van der Waals surface area contributed by atoms with Crippen LogP contribution in [0.2, 0.25) is 0 Å². The Hall–Kier alpha value is -3.61. The first-order valence-electron chi connectivity index (χ1n) is 8.83. The van der Waals surface area contributed by atoms with Crippen molar-refractivity contribution < 1.29 is 13.2 Å². The molecule has 7 heteroatoms. The fraction of sp³-hybridized carbons (Fsp3) is 0.0909. The number of nitrogens with zero attached hydrogens (tertiary/aromatic N) is 1. The van der Waals surface area contributed by atoms with Gasteiger partial charge >= 0.3 is 0 Å². The maximum Gasteiger partial charge on any atom is 0.132 e. The van der Waals surface area contributed by atoms with Gasteiger partial charge in [-0.3, -0.25) is 0 Å². The van der Waals surface area contributed by atoms with Gasteiger partial charge in [-0.05, 0) is 35.9 Å². The molecule has 4 N–H and O–H groups in total. The van der Waals surface area contributed by atoms with E-state index in [-0.39, 0.29) is 17.2 Å². The van der Waals surface area contributed by atoms with Crippen molar-refractivity contribution >= 4 is 18.0 Å². The Morgan fingerprint density at radius 2 is 1.83 bits per heavy atom. The van der Waals surface area contributed by atoms with Gasteiger partial charge < -0.3 is 16.1 Å². The van der Waals surface area contributed by atoms with Crippen LogP contribution in [0.1, 0.15) is 18.3 Å². The SMILES string of the molecule is CC(/C=C\c1ncc(-c2cc(F)cc(F)c2)[nH]1)C(C=N)=C(N)c1ccccc1F. The Balaban J connectivity index is 1.84. The zero-order chi connectivity index (χ0) is 21.0. The molecule has 0 fully saturated rings. The summed E-state index contributed by atoms with van der Waals surface area (Å²) in [5, 5.41) is 7.67. The average Bonchev–Trinajstić information content (AvgIpc) is 3.15. The predicted molar refractivity (Wildman–Crippen MR) is 108 cm³/mol. The molecule has 29 heavy (non-hydrogen) atoms. The molecule has 0 amide bonds. The number of hydrogen-bond acceptors (Lipinski definition) is 3. The van der Waals surface area contributed by atoms with E-state index in [2.05, 4.69) is 9.97 Å². The Morgan fingerprint density at radius 1 is 1.14 bits per heavy atom. The molecule has 1 aromatic heterocycles. The standard InChI is InChI=1S/C22H19F3N4/c1-13(18(11-26)22(27)17-4-2-3-5-19(17)25)6-7-21-28-12-20(29-21)14-8-15(23)10-16(24)9-14/h2-13,26H,27H2,1H3,(H,28,29)/b7-6-,22-18?,26-11?. The molecule has 1 atom stereocenters. The van der Waals surface area contributed by atoms with Gasteiger partial charge in [0, 0.05) is 35.0 Å². The third-order valence-electron chi connectivity index (χ3n) is 4.43. The zero-order valence-electron chi connectivity index (χ0n) is 15.6. The largest absolute Gasteiger partial charge is 0.398 e. The number of aromatic nitrogens is 2. The first kappa shape index (κ1) is 20.1. The van der Waals surface area contributed by atoms with Crippen molar-refractivity contribution in [2.24, 2.45) is 11.7 Å². The summed E-state index contributed by atoms with van der Waals surface area (Å²) >= 11 is 0. The van der Waals surface area contributed by atoms with E-state index in [1.165, 1.54) is 24.4 Å². The predicted octanol–water partition coefficient (Wildman–Crippen LogP) is 5.16. The molecule has 0 aliphatic heterocycles. The maximum absolute atomic E-state index is 14.0. The van der Waals surface area contributed by atoms with Crippen LogP contribution in [-0.4, -0.2) is 16.2 Å². The first-order valence-corrected chi connectivity index (χ1v) is 8.83. The van der Waals surface area contributed by atoms with Crippen LogP contribution < -0.4 is 5.73 Å². The van der Waals surface area contributed by atoms with E-state index >= 15 is 0 Å². The molecule has 0 spiro atoms. The fourth-order valence-corrected chi connectivity index (χ4v) is 2.91. The van der Waals surface area contributed by atoms with Gasteiger partial charge in [-0.15, -0.1) is 0 Å². The van der Waals surface area contributed by atoms with Crippen molar-refractivity contribution in [1.29, 1.82) is 5.41 Å². The Morgan fingerprint density at radius 3 is 2.48 bits per heavy atom. The van der Waals surface area contributed by atoms with Crippen molar-refractivity contribution in [3.63, 3.8) is 0 Å². The van der Waals surface area contributed by atoms with Crippen LogP contribution in [0.4, 0.5) is 13.2 Å². The molecule has 3 aromatic rings. The summed E-state index contributed by atoms with van der Waals surface area (Å²) in [5.74, 6) is -1.65. The van der Waals surface area contributed by atoms with E-state index in [4.69, 9.17) is 11.1 Å². The second kappa shape index (κ2) is 8.60. The molecular weight excluding hydrogens is 377 g/mol. The minimum absolute atomic E-state index is 0.186. The molecule has 2 aromatic carbocycles. The molecular formula is C22H19F3N4. The number of nitrogens with two attached hydrogens (primary N) is 1. The lowest BCUT2D eigenvalue weighted by Crippen LogP contribution is -2.09. The van der Waals surface area contributed by atoms with Crippen molar-refractivity contribution in [1.82, 2.24) is 9.97 Å². The summed E-state index contributed by atoms with van der Waals surface area (Å²) in [6.07, 6.45) is 5.99. The Kier molecular flexibility index (Phi) is 5.97. The van der Waals surface area contributed by atoms with Gasteiger partial charge in [0.1, 0.15) is 23.3 Å². The third-order valence-corrected chi connectivity index (χ3v) is 4.43. The number of hydrogen-bond donors (Lipinski definition) is 3. The van der Waals surface area contributed by atoms with Gasteiger partial charge in [0.15, 0.2) is 0 Å². The van der Waals surface area contributed by atoms with Crippen LogP contribution >= 0.6 is 0 Å². The minimum atomic E-state index is -0.676. The summed E-state index contributed by atoms with van der Waals surface area (Å²) in [6, 6.07) is 9.32. The third kappa shape index (κ3) is 4.63. The molecule has 0 bridgehead atoms. The molecule has 1 unspecified atom stereocenters. The lowest BCUT2D eigenvalue weighted by molar-refractivity contribution is 0.584. The number of benzene rings is 2. The average molecular weight is 396 g/mol. The van der Waals surface area contributed by atoms with Crippen LogP contribution in [0, 0.1) is 28.8 Å². The molecule has 3 rings (SSSR count). The maximum atomic E-state index is 14.0. The molecule has 0 saturated carbocycles. The summed E-state index contributed by atoms with van der Waals surface area (Å²) in [5.41, 5.74) is 7.76. The van der Waals surface area contributed by atoms with E-state index < -0.39 is 17.5 Å². The second-order valence-corrected chi connectivity index (χ2v) is 6.48. The Bertz CT molecular complexity index is 1080. The van der Waals surface area contributed by atoms with Gasteiger partial charge in [-0.1, -0.05) is 25.1 Å². The minimum Gasteiger partial charge on any atom is -0.398 e. The highest BCUT2D eigenvalue weighted by molar-refractivity contribution is 5.89. The highest BCUT2D eigenvalue weighted by atomic mass is 19.1. The highest BCUT2D eigenvalue weighted by Crippen LogP contribution is 2.23. The first-order chi connectivity index (χ1) is 13.9. The second-order valence-electron chi connectivity index (χ2n) is 6.48. The van der Waals surface area contributed by atoms with Crippen molar-refractivity contribution in [2.45, 2.75) is 6.92 Å². The summed E-state index contributed by atoms with van der Waals surface area (Å²) in [6.45, 7) is 1.82.